The molecule has 2 saturated heterocycles. The van der Waals surface area contributed by atoms with Gasteiger partial charge in [-0.05, 0) is 19.4 Å². The maximum Gasteiger partial charge on any atom is 0.228 e. The molecule has 0 bridgehead atoms. The average Bonchev–Trinajstić information content (AvgIpc) is 3.44. The number of rotatable bonds is 4. The van der Waals surface area contributed by atoms with Gasteiger partial charge in [0.2, 0.25) is 5.91 Å². The number of hydrogen-bond donors (Lipinski definition) is 2. The average molecular weight is 399 g/mol. The molecule has 1 amide bonds. The molecule has 8 nitrogen and oxygen atoms in total. The van der Waals surface area contributed by atoms with Gasteiger partial charge in [0.15, 0.2) is 28.9 Å². The molecule has 0 aliphatic carbocycles. The van der Waals surface area contributed by atoms with E-state index >= 15 is 0 Å². The molecular weight excluding hydrogens is 380 g/mol. The fourth-order valence-corrected chi connectivity index (χ4v) is 3.80. The summed E-state index contributed by atoms with van der Waals surface area (Å²) in [6.45, 7) is 2.13. The van der Waals surface area contributed by atoms with E-state index in [1.165, 1.54) is 12.4 Å². The number of nitrogens with zero attached hydrogens (tertiary/aromatic N) is 5. The van der Waals surface area contributed by atoms with Crippen molar-refractivity contribution in [3.05, 3.63) is 36.3 Å². The summed E-state index contributed by atoms with van der Waals surface area (Å²) < 4.78 is 30.5. The zero-order valence-electron chi connectivity index (χ0n) is 15.5. The highest BCUT2D eigenvalue weighted by Crippen LogP contribution is 2.28. The van der Waals surface area contributed by atoms with Crippen LogP contribution in [0.5, 0.6) is 0 Å². The van der Waals surface area contributed by atoms with Gasteiger partial charge < -0.3 is 10.6 Å². The first-order valence-corrected chi connectivity index (χ1v) is 9.57. The zero-order valence-corrected chi connectivity index (χ0v) is 15.5. The topological polar surface area (TPSA) is 87.5 Å². The highest BCUT2D eigenvalue weighted by Gasteiger charge is 2.25. The van der Waals surface area contributed by atoms with E-state index in [-0.39, 0.29) is 23.5 Å². The molecule has 2 N–H and O–H groups in total. The van der Waals surface area contributed by atoms with Crippen molar-refractivity contribution in [1.82, 2.24) is 24.7 Å². The monoisotopic (exact) mass is 399 g/mol. The van der Waals surface area contributed by atoms with Crippen LogP contribution in [0.4, 0.5) is 20.4 Å². The molecule has 2 aliphatic heterocycles. The molecule has 1 atom stereocenters. The molecule has 0 radical (unpaired) electrons. The Morgan fingerprint density at radius 2 is 2.10 bits per heavy atom. The second-order valence-electron chi connectivity index (χ2n) is 7.25. The summed E-state index contributed by atoms with van der Waals surface area (Å²) in [7, 11) is 0. The number of amides is 1. The Morgan fingerprint density at radius 3 is 2.86 bits per heavy atom. The Hall–Kier alpha value is -3.14. The van der Waals surface area contributed by atoms with Gasteiger partial charge in [0.1, 0.15) is 5.69 Å². The lowest BCUT2D eigenvalue weighted by Gasteiger charge is -2.15. The number of fused-ring (bicyclic) bond motifs is 1. The van der Waals surface area contributed by atoms with Crippen LogP contribution in [0.1, 0.15) is 19.3 Å². The normalized spacial score (nSPS) is 19.4. The standard InChI is InChI=1S/C19H19F2N7O/c20-12-6-13(21)19(25-11-3-4-22-7-11)26-18(12)14-8-23-15-9-24-16(10-28(14)15)27-5-1-2-17(27)29/h6,8-11,22H,1-5,7H2,(H,25,26). The van der Waals surface area contributed by atoms with E-state index < -0.39 is 11.6 Å². The van der Waals surface area contributed by atoms with Crippen molar-refractivity contribution in [2.75, 3.05) is 29.9 Å². The largest absolute Gasteiger partial charge is 0.364 e. The van der Waals surface area contributed by atoms with Crippen molar-refractivity contribution < 1.29 is 13.6 Å². The summed E-state index contributed by atoms with van der Waals surface area (Å²) in [5, 5.41) is 6.22. The van der Waals surface area contributed by atoms with E-state index in [4.69, 9.17) is 0 Å². The van der Waals surface area contributed by atoms with Crippen molar-refractivity contribution in [3.63, 3.8) is 0 Å². The minimum atomic E-state index is -0.782. The predicted molar refractivity (Wildman–Crippen MR) is 103 cm³/mol. The van der Waals surface area contributed by atoms with Crippen LogP contribution < -0.4 is 15.5 Å². The smallest absolute Gasteiger partial charge is 0.228 e. The Labute approximate surface area is 165 Å². The molecule has 0 aromatic carbocycles. The van der Waals surface area contributed by atoms with E-state index in [1.54, 1.807) is 15.5 Å². The number of hydrogen-bond acceptors (Lipinski definition) is 6. The molecule has 3 aromatic rings. The first-order valence-electron chi connectivity index (χ1n) is 9.57. The van der Waals surface area contributed by atoms with Crippen LogP contribution in [0.2, 0.25) is 0 Å². The molecule has 5 heterocycles. The van der Waals surface area contributed by atoms with Gasteiger partial charge in [-0.25, -0.2) is 23.7 Å². The predicted octanol–water partition coefficient (Wildman–Crippen LogP) is 1.97. The molecule has 2 fully saturated rings. The van der Waals surface area contributed by atoms with E-state index in [1.807, 2.05) is 0 Å². The first kappa shape index (κ1) is 17.9. The molecule has 3 aromatic heterocycles. The Bertz CT molecular complexity index is 1090. The number of imidazole rings is 1. The third-order valence-electron chi connectivity index (χ3n) is 5.31. The van der Waals surface area contributed by atoms with Crippen LogP contribution in [0.15, 0.2) is 24.7 Å². The summed E-state index contributed by atoms with van der Waals surface area (Å²) >= 11 is 0. The molecule has 1 unspecified atom stereocenters. The van der Waals surface area contributed by atoms with Crippen molar-refractivity contribution in [2.45, 2.75) is 25.3 Å². The van der Waals surface area contributed by atoms with E-state index in [0.717, 1.165) is 25.5 Å². The van der Waals surface area contributed by atoms with Crippen molar-refractivity contribution >= 4 is 23.2 Å². The van der Waals surface area contributed by atoms with Crippen LogP contribution in [0.25, 0.3) is 17.0 Å². The number of pyridine rings is 1. The highest BCUT2D eigenvalue weighted by atomic mass is 19.1. The third kappa shape index (κ3) is 3.19. The maximum atomic E-state index is 14.6. The molecule has 2 aliphatic rings. The molecule has 29 heavy (non-hydrogen) atoms. The second-order valence-corrected chi connectivity index (χ2v) is 7.25. The molecule has 10 heteroatoms. The Balaban J connectivity index is 1.56. The molecule has 0 saturated carbocycles. The van der Waals surface area contributed by atoms with Gasteiger partial charge in [0, 0.05) is 31.6 Å². The van der Waals surface area contributed by atoms with Crippen molar-refractivity contribution in [3.8, 4) is 11.4 Å². The van der Waals surface area contributed by atoms with Crippen LogP contribution in [0.3, 0.4) is 0 Å². The Kier molecular flexibility index (Phi) is 4.35. The minimum Gasteiger partial charge on any atom is -0.364 e. The number of aromatic nitrogens is 4. The molecule has 5 rings (SSSR count). The number of nitrogens with one attached hydrogen (secondary N) is 2. The molecule has 0 spiro atoms. The van der Waals surface area contributed by atoms with Gasteiger partial charge in [-0.3, -0.25) is 14.1 Å². The van der Waals surface area contributed by atoms with Gasteiger partial charge in [-0.15, -0.1) is 0 Å². The summed E-state index contributed by atoms with van der Waals surface area (Å²) in [6, 6.07) is 0.868. The van der Waals surface area contributed by atoms with Crippen LogP contribution in [-0.4, -0.2) is 50.9 Å². The zero-order chi connectivity index (χ0) is 20.0. The number of anilines is 2. The minimum absolute atomic E-state index is 0.00117. The summed E-state index contributed by atoms with van der Waals surface area (Å²) in [6.07, 6.45) is 6.72. The van der Waals surface area contributed by atoms with Gasteiger partial charge in [0.25, 0.3) is 0 Å². The van der Waals surface area contributed by atoms with Crippen molar-refractivity contribution in [2.24, 2.45) is 0 Å². The van der Waals surface area contributed by atoms with E-state index in [0.29, 0.717) is 36.7 Å². The lowest BCUT2D eigenvalue weighted by Crippen LogP contribution is -2.25. The quantitative estimate of drug-likeness (QED) is 0.698. The highest BCUT2D eigenvalue weighted by molar-refractivity contribution is 5.94. The van der Waals surface area contributed by atoms with Gasteiger partial charge in [0.05, 0.1) is 24.3 Å². The maximum absolute atomic E-state index is 14.6. The second kappa shape index (κ2) is 7.03. The number of carbonyl (C=O) groups is 1. The first-order chi connectivity index (χ1) is 14.1. The molecular formula is C19H19F2N7O. The summed E-state index contributed by atoms with van der Waals surface area (Å²) in [5.74, 6) is -1.04. The van der Waals surface area contributed by atoms with Gasteiger partial charge in [-0.1, -0.05) is 0 Å². The lowest BCUT2D eigenvalue weighted by molar-refractivity contribution is -0.117. The van der Waals surface area contributed by atoms with Crippen LogP contribution in [-0.2, 0) is 4.79 Å². The van der Waals surface area contributed by atoms with Crippen LogP contribution in [0, 0.1) is 11.6 Å². The third-order valence-corrected chi connectivity index (χ3v) is 5.31. The van der Waals surface area contributed by atoms with Gasteiger partial charge in [-0.2, -0.15) is 0 Å². The van der Waals surface area contributed by atoms with Crippen LogP contribution >= 0.6 is 0 Å². The van der Waals surface area contributed by atoms with Gasteiger partial charge >= 0.3 is 0 Å². The SMILES string of the molecule is O=C1CCCN1c1cn2c(-c3nc(NC4CCNC4)c(F)cc3F)cnc2cn1. The van der Waals surface area contributed by atoms with E-state index in [9.17, 15) is 13.6 Å². The van der Waals surface area contributed by atoms with Crippen molar-refractivity contribution in [1.29, 1.82) is 0 Å². The number of carbonyl (C=O) groups excluding carboxylic acids is 1. The fourth-order valence-electron chi connectivity index (χ4n) is 3.80. The summed E-state index contributed by atoms with van der Waals surface area (Å²) in [4.78, 5) is 26.4. The number of halogens is 2. The Morgan fingerprint density at radius 1 is 1.21 bits per heavy atom. The van der Waals surface area contributed by atoms with E-state index in [2.05, 4.69) is 25.6 Å². The fraction of sp³-hybridized carbons (Fsp3) is 0.368. The molecule has 150 valence electrons. The summed E-state index contributed by atoms with van der Waals surface area (Å²) in [5.41, 5.74) is 0.827. The lowest BCUT2D eigenvalue weighted by atomic mass is 10.2.